The molecule has 0 aliphatic carbocycles. The van der Waals surface area contributed by atoms with E-state index in [4.69, 9.17) is 9.47 Å². The lowest BCUT2D eigenvalue weighted by atomic mass is 9.80. The lowest BCUT2D eigenvalue weighted by Gasteiger charge is -2.43. The molecule has 3 fully saturated rings. The maximum Gasteiger partial charge on any atom is 0.252 e. The quantitative estimate of drug-likeness (QED) is 0.0503. The first-order chi connectivity index (χ1) is 39.4. The third-order valence-electron chi connectivity index (χ3n) is 16.9. The van der Waals surface area contributed by atoms with Gasteiger partial charge in [0.25, 0.3) is 5.91 Å². The van der Waals surface area contributed by atoms with E-state index in [-0.39, 0.29) is 66.7 Å². The topological polar surface area (TPSA) is 206 Å². The number of para-hydroxylation sites is 1. The Morgan fingerprint density at radius 3 is 2.33 bits per heavy atom. The third kappa shape index (κ3) is 14.2. The highest BCUT2D eigenvalue weighted by Gasteiger charge is 2.45. The minimum absolute atomic E-state index is 0.00273. The summed E-state index contributed by atoms with van der Waals surface area (Å²) in [7, 11) is 1.61. The second-order valence-corrected chi connectivity index (χ2v) is 23.0. The van der Waals surface area contributed by atoms with Crippen molar-refractivity contribution in [1.29, 1.82) is 0 Å². The SMILES string of the molecule is CN[C@@H](C)C(=O)N[C@H](C(=O)N1Cc2ccc(NC(=O)CC(=O)NCCCC3(C)CN(C(=O)CN4C[C@@H](C)NC[C@@H]4CN4CCOC[C@H]4C)c4cc(Cc5ccc(F)cc5)ccc43)cc2[C@H]1C(=O)Nc1c(F)cccc1F)C1CCOCC1. The van der Waals surface area contributed by atoms with E-state index in [9.17, 15) is 41.9 Å². The number of ether oxygens (including phenoxy) is 2. The molecule has 6 amide bonds. The molecule has 5 heterocycles. The first-order valence-corrected chi connectivity index (χ1v) is 28.7. The molecule has 7 atom stereocenters. The fraction of sp³-hybridized carbons (Fsp3) is 0.508. The van der Waals surface area contributed by atoms with Crippen molar-refractivity contribution in [1.82, 2.24) is 36.0 Å². The number of carbonyl (C=O) groups excluding carboxylic acids is 6. The predicted octanol–water partition coefficient (Wildman–Crippen LogP) is 5.15. The molecule has 18 nitrogen and oxygen atoms in total. The van der Waals surface area contributed by atoms with E-state index >= 15 is 0 Å². The fourth-order valence-corrected chi connectivity index (χ4v) is 12.1. The van der Waals surface area contributed by atoms with Gasteiger partial charge in [0.05, 0.1) is 25.8 Å². The molecule has 21 heteroatoms. The molecule has 0 aromatic heterocycles. The zero-order valence-electron chi connectivity index (χ0n) is 47.5. The summed E-state index contributed by atoms with van der Waals surface area (Å²) < 4.78 is 55.1. The summed E-state index contributed by atoms with van der Waals surface area (Å²) in [5.41, 5.74) is 3.62. The highest BCUT2D eigenvalue weighted by Crippen LogP contribution is 2.45. The Morgan fingerprint density at radius 1 is 0.854 bits per heavy atom. The number of nitrogens with zero attached hydrogens (tertiary/aromatic N) is 4. The van der Waals surface area contributed by atoms with E-state index in [2.05, 4.69) is 80.7 Å². The van der Waals surface area contributed by atoms with Crippen LogP contribution < -0.4 is 36.8 Å². The van der Waals surface area contributed by atoms with Gasteiger partial charge in [-0.1, -0.05) is 43.3 Å². The van der Waals surface area contributed by atoms with Crippen molar-refractivity contribution in [3.63, 3.8) is 0 Å². The van der Waals surface area contributed by atoms with Crippen molar-refractivity contribution in [3.05, 3.63) is 124 Å². The molecule has 0 radical (unpaired) electrons. The summed E-state index contributed by atoms with van der Waals surface area (Å²) in [5.74, 6) is -5.82. The van der Waals surface area contributed by atoms with E-state index in [1.54, 1.807) is 38.2 Å². The second-order valence-electron chi connectivity index (χ2n) is 23.0. The molecule has 6 N–H and O–H groups in total. The van der Waals surface area contributed by atoms with Crippen molar-refractivity contribution in [3.8, 4) is 0 Å². The van der Waals surface area contributed by atoms with Crippen LogP contribution in [0.15, 0.2) is 78.9 Å². The number of hydrogen-bond acceptors (Lipinski definition) is 12. The summed E-state index contributed by atoms with van der Waals surface area (Å²) in [5, 5.41) is 17.3. The number of halogens is 3. The smallest absolute Gasteiger partial charge is 0.252 e. The van der Waals surface area contributed by atoms with Gasteiger partial charge in [-0.15, -0.1) is 0 Å². The molecule has 0 saturated carbocycles. The van der Waals surface area contributed by atoms with Gasteiger partial charge in [-0.3, -0.25) is 38.6 Å². The van der Waals surface area contributed by atoms with E-state index in [0.717, 1.165) is 66.8 Å². The highest BCUT2D eigenvalue weighted by molar-refractivity contribution is 6.04. The van der Waals surface area contributed by atoms with Crippen LogP contribution in [0.25, 0.3) is 0 Å². The fourth-order valence-electron chi connectivity index (χ4n) is 12.1. The molecule has 82 heavy (non-hydrogen) atoms. The Balaban J connectivity index is 0.855. The number of hydrogen-bond donors (Lipinski definition) is 6. The monoisotopic (exact) mass is 1130 g/mol. The van der Waals surface area contributed by atoms with Crippen molar-refractivity contribution in [2.75, 3.05) is 94.8 Å². The van der Waals surface area contributed by atoms with Crippen LogP contribution in [-0.2, 0) is 56.6 Å². The summed E-state index contributed by atoms with van der Waals surface area (Å²) in [6.45, 7) is 14.2. The number of piperazine rings is 1. The van der Waals surface area contributed by atoms with Crippen LogP contribution in [0.2, 0.25) is 0 Å². The Labute approximate surface area is 477 Å². The number of anilines is 3. The Kier molecular flexibility index (Phi) is 19.5. The number of morpholine rings is 1. The van der Waals surface area contributed by atoms with Gasteiger partial charge in [-0.25, -0.2) is 13.2 Å². The van der Waals surface area contributed by atoms with Crippen molar-refractivity contribution in [2.24, 2.45) is 5.92 Å². The molecule has 4 aromatic rings. The van der Waals surface area contributed by atoms with Gasteiger partial charge in [0, 0.05) is 93.9 Å². The number of rotatable bonds is 20. The maximum absolute atomic E-state index is 15.0. The minimum atomic E-state index is -1.44. The zero-order chi connectivity index (χ0) is 58.2. The normalized spacial score (nSPS) is 22.9. The van der Waals surface area contributed by atoms with E-state index in [1.165, 1.54) is 23.1 Å². The van der Waals surface area contributed by atoms with Gasteiger partial charge in [-0.05, 0) is 136 Å². The van der Waals surface area contributed by atoms with Crippen LogP contribution in [0.1, 0.15) is 93.7 Å². The average molecular weight is 1140 g/mol. The standard InChI is InChI=1S/C61H77F3N10O8/c1-37-31-72(46(30-67-37)33-71-22-25-82-35-38(71)2)34-54(77)74-36-61(4,48-17-12-41(27-51(48)74)26-40-10-14-44(62)15-11-40)20-7-21-66-52(75)29-53(76)68-45-16-13-43-32-73(57(47(43)28-45)59(79)70-56-49(63)8-6-9-50(56)64)60(80)55(42-18-23-81-24-19-42)69-58(78)39(3)65-5/h6,8-17,27-28,37-39,42,46,55,57,65,67H,7,18-26,29-36H2,1-5H3,(H,66,75)(H,68,76)(H,69,78)(H,70,79)/t37-,38-,39+,46-,55+,57+,61?/m1/s1. The summed E-state index contributed by atoms with van der Waals surface area (Å²) in [6.07, 6.45) is 2.08. The summed E-state index contributed by atoms with van der Waals surface area (Å²) >= 11 is 0. The van der Waals surface area contributed by atoms with Crippen LogP contribution in [0.3, 0.4) is 0 Å². The number of benzene rings is 4. The molecular formula is C61H77F3N10O8. The summed E-state index contributed by atoms with van der Waals surface area (Å²) in [4.78, 5) is 91.9. The average Bonchev–Trinajstić information content (AvgIpc) is 3.17. The van der Waals surface area contributed by atoms with Gasteiger partial charge in [0.15, 0.2) is 0 Å². The molecule has 440 valence electrons. The van der Waals surface area contributed by atoms with E-state index in [1.807, 2.05) is 4.90 Å². The molecule has 9 rings (SSSR count). The van der Waals surface area contributed by atoms with Crippen molar-refractivity contribution in [2.45, 2.75) is 114 Å². The molecule has 1 unspecified atom stereocenters. The van der Waals surface area contributed by atoms with Gasteiger partial charge >= 0.3 is 0 Å². The van der Waals surface area contributed by atoms with Gasteiger partial charge in [-0.2, -0.15) is 0 Å². The molecule has 0 bridgehead atoms. The van der Waals surface area contributed by atoms with Crippen LogP contribution in [-0.4, -0.2) is 160 Å². The van der Waals surface area contributed by atoms with Crippen LogP contribution in [0.4, 0.5) is 30.2 Å². The molecule has 5 aliphatic rings. The molecule has 4 aromatic carbocycles. The molecular weight excluding hydrogens is 1060 g/mol. The van der Waals surface area contributed by atoms with Crippen LogP contribution in [0.5, 0.6) is 0 Å². The Hall–Kier alpha value is -6.75. The zero-order valence-corrected chi connectivity index (χ0v) is 47.5. The number of fused-ring (bicyclic) bond motifs is 2. The predicted molar refractivity (Wildman–Crippen MR) is 304 cm³/mol. The lowest BCUT2D eigenvalue weighted by molar-refractivity contribution is -0.144. The minimum Gasteiger partial charge on any atom is -0.381 e. The maximum atomic E-state index is 15.0. The lowest BCUT2D eigenvalue weighted by Crippen LogP contribution is -2.62. The van der Waals surface area contributed by atoms with Crippen molar-refractivity contribution >= 4 is 52.5 Å². The van der Waals surface area contributed by atoms with E-state index in [0.29, 0.717) is 70.6 Å². The first kappa shape index (κ1) is 59.9. The number of nitrogens with one attached hydrogen (secondary N) is 6. The largest absolute Gasteiger partial charge is 0.381 e. The third-order valence-corrected chi connectivity index (χ3v) is 16.9. The number of amides is 6. The first-order valence-electron chi connectivity index (χ1n) is 28.7. The molecule has 5 aliphatic heterocycles. The molecule has 0 spiro atoms. The van der Waals surface area contributed by atoms with Crippen LogP contribution in [0, 0.1) is 23.4 Å². The number of likely N-dealkylation sites (N-methyl/N-ethyl adjacent to an activating group) is 1. The van der Waals surface area contributed by atoms with Crippen molar-refractivity contribution < 1.29 is 51.4 Å². The summed E-state index contributed by atoms with van der Waals surface area (Å²) in [6, 6.07) is 18.0. The Bertz CT molecular complexity index is 2960. The number of carbonyl (C=O) groups is 6. The second kappa shape index (κ2) is 26.7. The van der Waals surface area contributed by atoms with E-state index < -0.39 is 76.8 Å². The molecule has 3 saturated heterocycles. The Morgan fingerprint density at radius 2 is 1.60 bits per heavy atom. The van der Waals surface area contributed by atoms with Crippen LogP contribution >= 0.6 is 0 Å². The van der Waals surface area contributed by atoms with Gasteiger partial charge in [0.2, 0.25) is 29.5 Å². The van der Waals surface area contributed by atoms with Gasteiger partial charge in [0.1, 0.15) is 41.6 Å². The highest BCUT2D eigenvalue weighted by atomic mass is 19.1. The van der Waals surface area contributed by atoms with Gasteiger partial charge < -0.3 is 51.2 Å².